The number of sulfone groups is 1. The highest BCUT2D eigenvalue weighted by Gasteiger charge is 2.29. The molecule has 1 atom stereocenters. The van der Waals surface area contributed by atoms with Gasteiger partial charge >= 0.3 is 0 Å². The van der Waals surface area contributed by atoms with Gasteiger partial charge in [0.25, 0.3) is 0 Å². The molecular weight excluding hydrogens is 243 g/mol. The van der Waals surface area contributed by atoms with Crippen LogP contribution in [0.2, 0.25) is 0 Å². The third kappa shape index (κ3) is 3.12. The smallest absolute Gasteiger partial charge is 0.180 e. The van der Waals surface area contributed by atoms with Crippen molar-refractivity contribution in [3.05, 3.63) is 35.6 Å². The number of hydrogen-bond donors (Lipinski definition) is 0. The van der Waals surface area contributed by atoms with Crippen molar-refractivity contribution in [3.63, 3.8) is 0 Å². The number of halogens is 1. The van der Waals surface area contributed by atoms with E-state index in [0.29, 0.717) is 0 Å². The van der Waals surface area contributed by atoms with E-state index in [-0.39, 0.29) is 17.7 Å². The summed E-state index contributed by atoms with van der Waals surface area (Å²) in [5.74, 6) is -0.986. The van der Waals surface area contributed by atoms with E-state index in [1.807, 2.05) is 0 Å². The number of carbonyl (C=O) groups is 1. The van der Waals surface area contributed by atoms with E-state index in [4.69, 9.17) is 0 Å². The molecule has 0 bridgehead atoms. The second-order valence-electron chi connectivity index (χ2n) is 3.72. The average Bonchev–Trinajstić information content (AvgIpc) is 2.30. The van der Waals surface area contributed by atoms with Crippen molar-refractivity contribution in [2.45, 2.75) is 25.5 Å². The van der Waals surface area contributed by atoms with Crippen LogP contribution in [0, 0.1) is 5.82 Å². The first-order chi connectivity index (χ1) is 7.92. The van der Waals surface area contributed by atoms with E-state index in [2.05, 4.69) is 0 Å². The van der Waals surface area contributed by atoms with Crippen molar-refractivity contribution in [3.8, 4) is 0 Å². The number of benzene rings is 1. The minimum atomic E-state index is -3.41. The highest BCUT2D eigenvalue weighted by atomic mass is 32.2. The molecule has 0 fully saturated rings. The quantitative estimate of drug-likeness (QED) is 0.761. The molecule has 1 aromatic carbocycles. The lowest BCUT2D eigenvalue weighted by atomic mass is 10.1. The Morgan fingerprint density at radius 2 is 1.76 bits per heavy atom. The van der Waals surface area contributed by atoms with Crippen molar-refractivity contribution >= 4 is 15.6 Å². The minimum absolute atomic E-state index is 0.0710. The first-order valence-corrected chi connectivity index (χ1v) is 7.15. The van der Waals surface area contributed by atoms with Crippen LogP contribution < -0.4 is 0 Å². The van der Waals surface area contributed by atoms with Gasteiger partial charge < -0.3 is 0 Å². The second-order valence-corrected chi connectivity index (χ2v) is 6.19. The van der Waals surface area contributed by atoms with Crippen molar-refractivity contribution in [2.24, 2.45) is 0 Å². The molecule has 0 aliphatic carbocycles. The zero-order valence-electron chi connectivity index (χ0n) is 9.81. The Bertz CT molecular complexity index is 491. The lowest BCUT2D eigenvalue weighted by molar-refractivity contribution is 0.0985. The zero-order chi connectivity index (χ0) is 13.1. The van der Waals surface area contributed by atoms with Gasteiger partial charge in [-0.1, -0.05) is 13.8 Å². The fourth-order valence-corrected chi connectivity index (χ4v) is 2.98. The van der Waals surface area contributed by atoms with Crippen molar-refractivity contribution in [2.75, 3.05) is 5.75 Å². The maximum atomic E-state index is 12.7. The van der Waals surface area contributed by atoms with Gasteiger partial charge in [-0.25, -0.2) is 12.8 Å². The maximum absolute atomic E-state index is 12.7. The van der Waals surface area contributed by atoms with Crippen molar-refractivity contribution in [1.29, 1.82) is 0 Å². The van der Waals surface area contributed by atoms with Crippen LogP contribution in [-0.4, -0.2) is 25.2 Å². The minimum Gasteiger partial charge on any atom is -0.293 e. The maximum Gasteiger partial charge on any atom is 0.180 e. The molecule has 0 unspecified atom stereocenters. The molecule has 0 heterocycles. The number of Topliss-reactive ketones (excluding diaryl/α,β-unsaturated/α-hetero) is 1. The third-order valence-corrected chi connectivity index (χ3v) is 4.85. The van der Waals surface area contributed by atoms with E-state index in [9.17, 15) is 17.6 Å². The summed E-state index contributed by atoms with van der Waals surface area (Å²) in [6, 6.07) is 4.92. The monoisotopic (exact) mass is 258 g/mol. The summed E-state index contributed by atoms with van der Waals surface area (Å²) in [5.41, 5.74) is 0.232. The number of hydrogen-bond acceptors (Lipinski definition) is 3. The molecule has 1 aromatic rings. The Kier molecular flexibility index (Phi) is 4.40. The number of ketones is 1. The van der Waals surface area contributed by atoms with Crippen molar-refractivity contribution in [1.82, 2.24) is 0 Å². The highest BCUT2D eigenvalue weighted by molar-refractivity contribution is 7.92. The molecular formula is C12H15FO3S. The topological polar surface area (TPSA) is 51.2 Å². The number of rotatable bonds is 5. The van der Waals surface area contributed by atoms with Crippen LogP contribution >= 0.6 is 0 Å². The van der Waals surface area contributed by atoms with Gasteiger partial charge in [0, 0.05) is 11.3 Å². The van der Waals surface area contributed by atoms with Gasteiger partial charge in [-0.15, -0.1) is 0 Å². The SMILES string of the molecule is CC[C@H](C(=O)c1ccc(F)cc1)S(=O)(=O)CC. The summed E-state index contributed by atoms with van der Waals surface area (Å²) in [4.78, 5) is 12.0. The van der Waals surface area contributed by atoms with Crippen LogP contribution in [0.5, 0.6) is 0 Å². The molecule has 0 aliphatic rings. The molecule has 94 valence electrons. The summed E-state index contributed by atoms with van der Waals surface area (Å²) in [6.45, 7) is 3.16. The molecule has 17 heavy (non-hydrogen) atoms. The Morgan fingerprint density at radius 1 is 1.24 bits per heavy atom. The zero-order valence-corrected chi connectivity index (χ0v) is 10.6. The van der Waals surface area contributed by atoms with E-state index >= 15 is 0 Å². The molecule has 0 spiro atoms. The highest BCUT2D eigenvalue weighted by Crippen LogP contribution is 2.15. The van der Waals surface area contributed by atoms with Crippen LogP contribution in [0.1, 0.15) is 30.6 Å². The number of carbonyl (C=O) groups excluding carboxylic acids is 1. The van der Waals surface area contributed by atoms with Crippen LogP contribution in [-0.2, 0) is 9.84 Å². The fraction of sp³-hybridized carbons (Fsp3) is 0.417. The Balaban J connectivity index is 3.07. The fourth-order valence-electron chi connectivity index (χ4n) is 1.60. The largest absolute Gasteiger partial charge is 0.293 e. The van der Waals surface area contributed by atoms with E-state index < -0.39 is 26.7 Å². The Hall–Kier alpha value is -1.23. The molecule has 0 saturated heterocycles. The molecule has 5 heteroatoms. The lowest BCUT2D eigenvalue weighted by Gasteiger charge is -2.13. The summed E-state index contributed by atoms with van der Waals surface area (Å²) >= 11 is 0. The van der Waals surface area contributed by atoms with Gasteiger partial charge in [-0.2, -0.15) is 0 Å². The molecule has 0 aromatic heterocycles. The molecule has 1 rings (SSSR count). The molecule has 3 nitrogen and oxygen atoms in total. The van der Waals surface area contributed by atoms with Gasteiger partial charge in [0.15, 0.2) is 15.6 Å². The predicted octanol–water partition coefficient (Wildman–Crippen LogP) is 2.22. The second kappa shape index (κ2) is 5.40. The molecule has 0 saturated carbocycles. The van der Waals surface area contributed by atoms with Gasteiger partial charge in [-0.3, -0.25) is 4.79 Å². The van der Waals surface area contributed by atoms with Crippen LogP contribution in [0.15, 0.2) is 24.3 Å². The normalized spacial score (nSPS) is 13.4. The first-order valence-electron chi connectivity index (χ1n) is 5.43. The summed E-state index contributed by atoms with van der Waals surface area (Å²) in [7, 11) is -3.41. The van der Waals surface area contributed by atoms with Gasteiger partial charge in [0.05, 0.1) is 0 Å². The van der Waals surface area contributed by atoms with Crippen LogP contribution in [0.25, 0.3) is 0 Å². The van der Waals surface area contributed by atoms with E-state index in [1.165, 1.54) is 19.1 Å². The average molecular weight is 258 g/mol. The van der Waals surface area contributed by atoms with Crippen molar-refractivity contribution < 1.29 is 17.6 Å². The van der Waals surface area contributed by atoms with Gasteiger partial charge in [-0.05, 0) is 30.7 Å². The lowest BCUT2D eigenvalue weighted by Crippen LogP contribution is -2.31. The van der Waals surface area contributed by atoms with Crippen LogP contribution in [0.3, 0.4) is 0 Å². The summed E-state index contributed by atoms with van der Waals surface area (Å²) < 4.78 is 36.1. The van der Waals surface area contributed by atoms with Gasteiger partial charge in [0.1, 0.15) is 11.1 Å². The van der Waals surface area contributed by atoms with E-state index in [1.54, 1.807) is 6.92 Å². The third-order valence-electron chi connectivity index (χ3n) is 2.63. The van der Waals surface area contributed by atoms with Crippen LogP contribution in [0.4, 0.5) is 4.39 Å². The molecule has 0 aliphatic heterocycles. The summed E-state index contributed by atoms with van der Waals surface area (Å²) in [5, 5.41) is -1.03. The molecule has 0 N–H and O–H groups in total. The predicted molar refractivity (Wildman–Crippen MR) is 64.3 cm³/mol. The van der Waals surface area contributed by atoms with Gasteiger partial charge in [0.2, 0.25) is 0 Å². The molecule has 0 amide bonds. The Labute approximate surface area is 101 Å². The van der Waals surface area contributed by atoms with E-state index in [0.717, 1.165) is 12.1 Å². The Morgan fingerprint density at radius 3 is 2.18 bits per heavy atom. The summed E-state index contributed by atoms with van der Waals surface area (Å²) in [6.07, 6.45) is 0.229. The standard InChI is InChI=1S/C12H15FO3S/c1-3-11(17(15,16)4-2)12(14)9-5-7-10(13)8-6-9/h5-8,11H,3-4H2,1-2H3/t11-/m1/s1. The molecule has 0 radical (unpaired) electrons. The first kappa shape index (κ1) is 13.8.